The molecule has 0 radical (unpaired) electrons. The Balaban J connectivity index is 2.19. The lowest BCUT2D eigenvalue weighted by Crippen LogP contribution is -2.36. The van der Waals surface area contributed by atoms with Gasteiger partial charge < -0.3 is 15.4 Å². The quantitative estimate of drug-likeness (QED) is 0.525. The van der Waals surface area contributed by atoms with E-state index in [0.717, 1.165) is 22.9 Å². The molecule has 0 heterocycles. The summed E-state index contributed by atoms with van der Waals surface area (Å²) in [4.78, 5) is 26.2. The molecule has 2 rings (SSSR count). The van der Waals surface area contributed by atoms with Gasteiger partial charge in [0.1, 0.15) is 5.75 Å². The highest BCUT2D eigenvalue weighted by molar-refractivity contribution is 9.10. The minimum atomic E-state index is -0.425. The Kier molecular flexibility index (Phi) is 9.01. The second-order valence-electron chi connectivity index (χ2n) is 6.59. The maximum absolute atomic E-state index is 13.3. The van der Waals surface area contributed by atoms with Crippen molar-refractivity contribution in [3.05, 3.63) is 64.1 Å². The van der Waals surface area contributed by atoms with E-state index < -0.39 is 5.91 Å². The first-order valence-corrected chi connectivity index (χ1v) is 10.3. The van der Waals surface area contributed by atoms with E-state index in [4.69, 9.17) is 10.5 Å². The van der Waals surface area contributed by atoms with Crippen LogP contribution < -0.4 is 10.5 Å². The fourth-order valence-electron chi connectivity index (χ4n) is 2.76. The van der Waals surface area contributed by atoms with Gasteiger partial charge >= 0.3 is 0 Å². The van der Waals surface area contributed by atoms with Crippen molar-refractivity contribution >= 4 is 27.7 Å². The summed E-state index contributed by atoms with van der Waals surface area (Å²) in [7, 11) is 0. The van der Waals surface area contributed by atoms with E-state index >= 15 is 0 Å². The normalized spacial score (nSPS) is 10.5. The van der Waals surface area contributed by atoms with Crippen molar-refractivity contribution in [2.24, 2.45) is 5.73 Å². The van der Waals surface area contributed by atoms with Gasteiger partial charge in [-0.25, -0.2) is 0 Å². The van der Waals surface area contributed by atoms with Crippen LogP contribution in [0.1, 0.15) is 42.1 Å². The van der Waals surface area contributed by atoms with Crippen molar-refractivity contribution in [1.29, 1.82) is 0 Å². The van der Waals surface area contributed by atoms with E-state index in [2.05, 4.69) is 22.9 Å². The molecular formula is C22H27BrN2O3. The van der Waals surface area contributed by atoms with Crippen molar-refractivity contribution < 1.29 is 14.3 Å². The summed E-state index contributed by atoms with van der Waals surface area (Å²) in [6, 6.07) is 15.4. The van der Waals surface area contributed by atoms with Crippen LogP contribution in [-0.2, 0) is 11.2 Å². The molecule has 5 nitrogen and oxygen atoms in total. The zero-order chi connectivity index (χ0) is 20.4. The molecule has 2 aromatic rings. The van der Waals surface area contributed by atoms with Gasteiger partial charge in [0.15, 0.2) is 0 Å². The number of nitrogens with zero attached hydrogens (tertiary/aromatic N) is 1. The third-order valence-electron chi connectivity index (χ3n) is 4.36. The van der Waals surface area contributed by atoms with E-state index in [1.807, 2.05) is 36.4 Å². The Bertz CT molecular complexity index is 781. The number of nitrogens with two attached hydrogens (primary N) is 1. The maximum Gasteiger partial charge on any atom is 0.257 e. The first kappa shape index (κ1) is 22.0. The van der Waals surface area contributed by atoms with Gasteiger partial charge in [0.2, 0.25) is 5.91 Å². The highest BCUT2D eigenvalue weighted by Gasteiger charge is 2.21. The van der Waals surface area contributed by atoms with Crippen LogP contribution in [0.2, 0.25) is 0 Å². The fourth-order valence-corrected chi connectivity index (χ4v) is 3.12. The molecule has 0 saturated heterocycles. The predicted molar refractivity (Wildman–Crippen MR) is 114 cm³/mol. The Morgan fingerprint density at radius 1 is 1.11 bits per heavy atom. The SMILES string of the molecule is CCCCOc1ccc(Br)cc1C(=O)N(CCC(N)=O)CCc1ccccc1. The zero-order valence-electron chi connectivity index (χ0n) is 16.2. The van der Waals surface area contributed by atoms with Crippen LogP contribution in [0.3, 0.4) is 0 Å². The van der Waals surface area contributed by atoms with Gasteiger partial charge in [-0.2, -0.15) is 0 Å². The number of hydrogen-bond donors (Lipinski definition) is 1. The molecule has 0 spiro atoms. The Hall–Kier alpha value is -2.34. The monoisotopic (exact) mass is 446 g/mol. The van der Waals surface area contributed by atoms with E-state index in [0.29, 0.717) is 30.9 Å². The fraction of sp³-hybridized carbons (Fsp3) is 0.364. The predicted octanol–water partition coefficient (Wildman–Crippen LogP) is 4.19. The van der Waals surface area contributed by atoms with Crippen LogP contribution >= 0.6 is 15.9 Å². The van der Waals surface area contributed by atoms with E-state index in [1.165, 1.54) is 0 Å². The molecule has 2 N–H and O–H groups in total. The summed E-state index contributed by atoms with van der Waals surface area (Å²) >= 11 is 3.43. The van der Waals surface area contributed by atoms with Crippen LogP contribution in [0, 0.1) is 0 Å². The lowest BCUT2D eigenvalue weighted by molar-refractivity contribution is -0.118. The minimum Gasteiger partial charge on any atom is -0.493 e. The molecule has 0 unspecified atom stereocenters. The number of carbonyl (C=O) groups excluding carboxylic acids is 2. The third-order valence-corrected chi connectivity index (χ3v) is 4.85. The van der Waals surface area contributed by atoms with Gasteiger partial charge in [-0.15, -0.1) is 0 Å². The number of ether oxygens (including phenoxy) is 1. The number of rotatable bonds is 11. The van der Waals surface area contributed by atoms with Gasteiger partial charge in [-0.1, -0.05) is 59.6 Å². The van der Waals surface area contributed by atoms with Crippen LogP contribution in [0.15, 0.2) is 53.0 Å². The van der Waals surface area contributed by atoms with E-state index in [9.17, 15) is 9.59 Å². The topological polar surface area (TPSA) is 72.6 Å². The van der Waals surface area contributed by atoms with Crippen molar-refractivity contribution in [2.75, 3.05) is 19.7 Å². The average molecular weight is 447 g/mol. The van der Waals surface area contributed by atoms with Gasteiger partial charge in [0, 0.05) is 24.0 Å². The lowest BCUT2D eigenvalue weighted by atomic mass is 10.1. The van der Waals surface area contributed by atoms with Crippen molar-refractivity contribution in [3.8, 4) is 5.75 Å². The molecule has 0 atom stereocenters. The van der Waals surface area contributed by atoms with Gasteiger partial charge in [0.05, 0.1) is 12.2 Å². The first-order valence-electron chi connectivity index (χ1n) is 9.55. The van der Waals surface area contributed by atoms with Crippen molar-refractivity contribution in [2.45, 2.75) is 32.6 Å². The van der Waals surface area contributed by atoms with Crippen LogP contribution in [0.4, 0.5) is 0 Å². The second-order valence-corrected chi connectivity index (χ2v) is 7.50. The molecule has 2 amide bonds. The molecule has 0 bridgehead atoms. The van der Waals surface area contributed by atoms with Crippen LogP contribution in [-0.4, -0.2) is 36.4 Å². The summed E-state index contributed by atoms with van der Waals surface area (Å²) in [5.41, 5.74) is 6.93. The maximum atomic E-state index is 13.3. The van der Waals surface area contributed by atoms with E-state index in [1.54, 1.807) is 17.0 Å². The largest absolute Gasteiger partial charge is 0.493 e. The standard InChI is InChI=1S/C22H27BrN2O3/c1-2-3-15-28-20-10-9-18(23)16-19(20)22(27)25(14-12-21(24)26)13-11-17-7-5-4-6-8-17/h4-10,16H,2-3,11-15H2,1H3,(H2,24,26). The molecule has 0 aliphatic carbocycles. The number of hydrogen-bond acceptors (Lipinski definition) is 3. The second kappa shape index (κ2) is 11.5. The van der Waals surface area contributed by atoms with Gasteiger partial charge in [0.25, 0.3) is 5.91 Å². The first-order chi connectivity index (χ1) is 13.5. The molecule has 2 aromatic carbocycles. The number of halogens is 1. The van der Waals surface area contributed by atoms with Crippen molar-refractivity contribution in [1.82, 2.24) is 4.90 Å². The number of amides is 2. The summed E-state index contributed by atoms with van der Waals surface area (Å²) in [6.07, 6.45) is 2.76. The highest BCUT2D eigenvalue weighted by atomic mass is 79.9. The Labute approximate surface area is 175 Å². The summed E-state index contributed by atoms with van der Waals surface area (Å²) in [5, 5.41) is 0. The molecule has 0 saturated carbocycles. The van der Waals surface area contributed by atoms with Gasteiger partial charge in [-0.3, -0.25) is 9.59 Å². The lowest BCUT2D eigenvalue weighted by Gasteiger charge is -2.24. The number of unbranched alkanes of at least 4 members (excludes halogenated alkanes) is 1. The Morgan fingerprint density at radius 3 is 2.54 bits per heavy atom. The Morgan fingerprint density at radius 2 is 1.86 bits per heavy atom. The van der Waals surface area contributed by atoms with Crippen LogP contribution in [0.5, 0.6) is 5.75 Å². The zero-order valence-corrected chi connectivity index (χ0v) is 17.8. The molecule has 0 aliphatic heterocycles. The van der Waals surface area contributed by atoms with Gasteiger partial charge in [-0.05, 0) is 36.6 Å². The number of carbonyl (C=O) groups is 2. The molecule has 28 heavy (non-hydrogen) atoms. The van der Waals surface area contributed by atoms with E-state index in [-0.39, 0.29) is 18.9 Å². The summed E-state index contributed by atoms with van der Waals surface area (Å²) in [6.45, 7) is 3.43. The third kappa shape index (κ3) is 7.00. The smallest absolute Gasteiger partial charge is 0.257 e. The molecule has 6 heteroatoms. The molecule has 0 fully saturated rings. The summed E-state index contributed by atoms with van der Waals surface area (Å²) < 4.78 is 6.63. The molecule has 0 aromatic heterocycles. The number of primary amides is 1. The summed E-state index contributed by atoms with van der Waals surface area (Å²) in [5.74, 6) is -0.0263. The molecular weight excluding hydrogens is 420 g/mol. The molecule has 0 aliphatic rings. The van der Waals surface area contributed by atoms with Crippen LogP contribution in [0.25, 0.3) is 0 Å². The average Bonchev–Trinajstić information content (AvgIpc) is 2.69. The number of benzene rings is 2. The minimum absolute atomic E-state index is 0.126. The van der Waals surface area contributed by atoms with Crippen molar-refractivity contribution in [3.63, 3.8) is 0 Å². The highest BCUT2D eigenvalue weighted by Crippen LogP contribution is 2.25. The molecule has 150 valence electrons.